The number of hydrogen-bond donors (Lipinski definition) is 0. The Labute approximate surface area is 131 Å². The van der Waals surface area contributed by atoms with Gasteiger partial charge in [-0.1, -0.05) is 36.0 Å². The molecule has 0 atom stereocenters. The molecule has 0 saturated carbocycles. The van der Waals surface area contributed by atoms with Gasteiger partial charge in [0.15, 0.2) is 0 Å². The number of Topliss-reactive ketones (excluding diaryl/α,β-unsaturated/α-hetero) is 1. The molecule has 0 unspecified atom stereocenters. The SMILES string of the molecule is CC(=O)N(/C=C1\Sc2ccccc2C1=O)c1ccccc1F. The third-order valence-electron chi connectivity index (χ3n) is 3.27. The van der Waals surface area contributed by atoms with Crippen molar-refractivity contribution in [2.24, 2.45) is 0 Å². The van der Waals surface area contributed by atoms with Crippen molar-refractivity contribution in [2.75, 3.05) is 4.90 Å². The summed E-state index contributed by atoms with van der Waals surface area (Å²) in [6.45, 7) is 1.33. The summed E-state index contributed by atoms with van der Waals surface area (Å²) >= 11 is 1.29. The molecule has 110 valence electrons. The molecule has 22 heavy (non-hydrogen) atoms. The first-order valence-corrected chi connectivity index (χ1v) is 7.47. The maximum absolute atomic E-state index is 13.9. The van der Waals surface area contributed by atoms with Crippen LogP contribution >= 0.6 is 11.8 Å². The van der Waals surface area contributed by atoms with E-state index in [0.717, 1.165) is 4.90 Å². The van der Waals surface area contributed by atoms with Gasteiger partial charge in [0.1, 0.15) is 5.82 Å². The van der Waals surface area contributed by atoms with Gasteiger partial charge < -0.3 is 0 Å². The van der Waals surface area contributed by atoms with E-state index in [-0.39, 0.29) is 17.4 Å². The number of hydrogen-bond acceptors (Lipinski definition) is 3. The summed E-state index contributed by atoms with van der Waals surface area (Å²) in [4.78, 5) is 26.6. The van der Waals surface area contributed by atoms with Crippen molar-refractivity contribution in [3.05, 3.63) is 71.0 Å². The average Bonchev–Trinajstić information content (AvgIpc) is 2.82. The first-order chi connectivity index (χ1) is 10.6. The fourth-order valence-corrected chi connectivity index (χ4v) is 3.24. The van der Waals surface area contributed by atoms with Crippen molar-refractivity contribution in [1.29, 1.82) is 0 Å². The normalized spacial score (nSPS) is 15.0. The van der Waals surface area contributed by atoms with Crippen LogP contribution in [0.2, 0.25) is 0 Å². The zero-order valence-electron chi connectivity index (χ0n) is 11.7. The highest BCUT2D eigenvalue weighted by atomic mass is 32.2. The van der Waals surface area contributed by atoms with Crippen molar-refractivity contribution >= 4 is 29.1 Å². The van der Waals surface area contributed by atoms with Crippen LogP contribution in [-0.2, 0) is 4.79 Å². The first-order valence-electron chi connectivity index (χ1n) is 6.65. The quantitative estimate of drug-likeness (QED) is 0.786. The van der Waals surface area contributed by atoms with Crippen LogP contribution in [0.25, 0.3) is 0 Å². The van der Waals surface area contributed by atoms with Crippen LogP contribution in [-0.4, -0.2) is 11.7 Å². The number of halogens is 1. The van der Waals surface area contributed by atoms with Gasteiger partial charge >= 0.3 is 0 Å². The van der Waals surface area contributed by atoms with E-state index in [2.05, 4.69) is 0 Å². The van der Waals surface area contributed by atoms with Gasteiger partial charge in [0.05, 0.1) is 10.6 Å². The highest BCUT2D eigenvalue weighted by Gasteiger charge is 2.27. The van der Waals surface area contributed by atoms with Crippen LogP contribution in [0.1, 0.15) is 17.3 Å². The van der Waals surface area contributed by atoms with E-state index >= 15 is 0 Å². The van der Waals surface area contributed by atoms with E-state index in [0.29, 0.717) is 10.5 Å². The summed E-state index contributed by atoms with van der Waals surface area (Å²) in [7, 11) is 0. The van der Waals surface area contributed by atoms with Crippen molar-refractivity contribution in [2.45, 2.75) is 11.8 Å². The lowest BCUT2D eigenvalue weighted by molar-refractivity contribution is -0.116. The molecule has 0 bridgehead atoms. The van der Waals surface area contributed by atoms with Crippen LogP contribution in [0.15, 0.2) is 64.5 Å². The minimum atomic E-state index is -0.512. The van der Waals surface area contributed by atoms with Gasteiger partial charge in [0.2, 0.25) is 11.7 Å². The predicted molar refractivity (Wildman–Crippen MR) is 84.3 cm³/mol. The molecule has 1 aliphatic heterocycles. The molecule has 0 saturated heterocycles. The highest BCUT2D eigenvalue weighted by molar-refractivity contribution is 8.04. The Hall–Kier alpha value is -2.40. The minimum absolute atomic E-state index is 0.131. The number of nitrogens with zero attached hydrogens (tertiary/aromatic N) is 1. The highest BCUT2D eigenvalue weighted by Crippen LogP contribution is 2.40. The number of amides is 1. The molecule has 1 heterocycles. The fourth-order valence-electron chi connectivity index (χ4n) is 2.22. The van der Waals surface area contributed by atoms with Crippen LogP contribution < -0.4 is 4.90 Å². The molecule has 1 amide bonds. The topological polar surface area (TPSA) is 37.4 Å². The number of fused-ring (bicyclic) bond motifs is 1. The van der Waals surface area contributed by atoms with Gasteiger partial charge in [-0.05, 0) is 24.3 Å². The van der Waals surface area contributed by atoms with Crippen LogP contribution in [0, 0.1) is 5.82 Å². The molecular formula is C17H12FNO2S. The molecule has 3 rings (SSSR count). The minimum Gasteiger partial charge on any atom is -0.288 e. The number of allylic oxidation sites excluding steroid dienone is 1. The molecule has 1 aliphatic rings. The Morgan fingerprint density at radius 1 is 1.14 bits per heavy atom. The Morgan fingerprint density at radius 3 is 2.50 bits per heavy atom. The zero-order valence-corrected chi connectivity index (χ0v) is 12.6. The maximum atomic E-state index is 13.9. The smallest absolute Gasteiger partial charge is 0.228 e. The number of rotatable bonds is 2. The number of benzene rings is 2. The summed E-state index contributed by atoms with van der Waals surface area (Å²) in [6, 6.07) is 13.2. The monoisotopic (exact) mass is 313 g/mol. The third kappa shape index (κ3) is 2.55. The maximum Gasteiger partial charge on any atom is 0.228 e. The number of carbonyl (C=O) groups excluding carboxylic acids is 2. The van der Waals surface area contributed by atoms with Crippen molar-refractivity contribution in [3.8, 4) is 0 Å². The molecule has 0 spiro atoms. The van der Waals surface area contributed by atoms with Gasteiger partial charge in [-0.25, -0.2) is 4.39 Å². The standard InChI is InChI=1S/C17H12FNO2S/c1-11(20)19(14-8-4-3-7-13(14)18)10-16-17(21)12-6-2-5-9-15(12)22-16/h2-10H,1H3/b16-10-. The molecule has 2 aromatic rings. The number of ketones is 1. The van der Waals surface area contributed by atoms with Crippen LogP contribution in [0.3, 0.4) is 0 Å². The summed E-state index contributed by atoms with van der Waals surface area (Å²) in [5.74, 6) is -1.02. The molecule has 2 aromatic carbocycles. The number of thioether (sulfide) groups is 1. The molecule has 3 nitrogen and oxygen atoms in total. The summed E-state index contributed by atoms with van der Waals surface area (Å²) in [6.07, 6.45) is 1.41. The summed E-state index contributed by atoms with van der Waals surface area (Å²) < 4.78 is 13.9. The number of anilines is 1. The number of para-hydroxylation sites is 1. The van der Waals surface area contributed by atoms with E-state index in [1.165, 1.54) is 41.9 Å². The Bertz CT molecular complexity index is 801. The van der Waals surface area contributed by atoms with E-state index in [4.69, 9.17) is 0 Å². The van der Waals surface area contributed by atoms with E-state index in [9.17, 15) is 14.0 Å². The fraction of sp³-hybridized carbons (Fsp3) is 0.0588. The van der Waals surface area contributed by atoms with E-state index < -0.39 is 5.82 Å². The van der Waals surface area contributed by atoms with Crippen LogP contribution in [0.4, 0.5) is 10.1 Å². The zero-order chi connectivity index (χ0) is 15.7. The average molecular weight is 313 g/mol. The molecule has 0 fully saturated rings. The summed E-state index contributed by atoms with van der Waals surface area (Å²) in [5.41, 5.74) is 0.739. The van der Waals surface area contributed by atoms with Crippen molar-refractivity contribution < 1.29 is 14.0 Å². The lowest BCUT2D eigenvalue weighted by Crippen LogP contribution is -2.24. The molecule has 0 N–H and O–H groups in total. The molecule has 0 aliphatic carbocycles. The third-order valence-corrected chi connectivity index (χ3v) is 4.36. The van der Waals surface area contributed by atoms with Gasteiger partial charge in [0.25, 0.3) is 0 Å². The van der Waals surface area contributed by atoms with Gasteiger partial charge in [-0.2, -0.15) is 0 Å². The molecule has 5 heteroatoms. The van der Waals surface area contributed by atoms with Gasteiger partial charge in [0, 0.05) is 23.6 Å². The first kappa shape index (κ1) is 14.5. The lowest BCUT2D eigenvalue weighted by Gasteiger charge is -2.17. The van der Waals surface area contributed by atoms with Crippen LogP contribution in [0.5, 0.6) is 0 Å². The van der Waals surface area contributed by atoms with Crippen molar-refractivity contribution in [3.63, 3.8) is 0 Å². The lowest BCUT2D eigenvalue weighted by atomic mass is 10.1. The summed E-state index contributed by atoms with van der Waals surface area (Å²) in [5, 5.41) is 0. The Balaban J connectivity index is 2.01. The number of carbonyl (C=O) groups is 2. The van der Waals surface area contributed by atoms with E-state index in [1.54, 1.807) is 24.3 Å². The molecule has 0 aromatic heterocycles. The second kappa shape index (κ2) is 5.77. The second-order valence-corrected chi connectivity index (χ2v) is 5.84. The second-order valence-electron chi connectivity index (χ2n) is 4.76. The largest absolute Gasteiger partial charge is 0.288 e. The van der Waals surface area contributed by atoms with Gasteiger partial charge in [-0.15, -0.1) is 0 Å². The van der Waals surface area contributed by atoms with Gasteiger partial charge in [-0.3, -0.25) is 14.5 Å². The molecule has 0 radical (unpaired) electrons. The Morgan fingerprint density at radius 2 is 1.82 bits per heavy atom. The van der Waals surface area contributed by atoms with E-state index in [1.807, 2.05) is 12.1 Å². The Kier molecular flexibility index (Phi) is 3.81. The predicted octanol–water partition coefficient (Wildman–Crippen LogP) is 4.01. The van der Waals surface area contributed by atoms with Crippen molar-refractivity contribution in [1.82, 2.24) is 0 Å². The molecular weight excluding hydrogens is 301 g/mol.